The van der Waals surface area contributed by atoms with Gasteiger partial charge in [-0.2, -0.15) is 0 Å². The second kappa shape index (κ2) is 5.48. The SMILES string of the molecule is Cc1ccccc1[C@@H]1SCC(=O)N1CC(=O)NC1CC1. The molecule has 1 saturated carbocycles. The zero-order valence-corrected chi connectivity index (χ0v) is 12.3. The lowest BCUT2D eigenvalue weighted by molar-refractivity contribution is -0.133. The van der Waals surface area contributed by atoms with E-state index < -0.39 is 0 Å². The second-order valence-corrected chi connectivity index (χ2v) is 6.45. The number of nitrogens with zero attached hydrogens (tertiary/aromatic N) is 1. The third kappa shape index (κ3) is 2.82. The number of hydrogen-bond acceptors (Lipinski definition) is 3. The van der Waals surface area contributed by atoms with E-state index in [4.69, 9.17) is 0 Å². The molecule has 2 aliphatic rings. The molecule has 2 fully saturated rings. The van der Waals surface area contributed by atoms with Crippen molar-refractivity contribution in [3.63, 3.8) is 0 Å². The average molecular weight is 290 g/mol. The Kier molecular flexibility index (Phi) is 3.70. The molecular weight excluding hydrogens is 272 g/mol. The summed E-state index contributed by atoms with van der Waals surface area (Å²) in [4.78, 5) is 25.7. The van der Waals surface area contributed by atoms with Gasteiger partial charge in [-0.05, 0) is 30.9 Å². The standard InChI is InChI=1S/C15H18N2O2S/c1-10-4-2-3-5-12(10)15-17(14(19)9-20-15)8-13(18)16-11-6-7-11/h2-5,11,15H,6-9H2,1H3,(H,16,18)/t15-/m0/s1. The van der Waals surface area contributed by atoms with Gasteiger partial charge in [0, 0.05) is 6.04 Å². The number of hydrogen-bond donors (Lipinski definition) is 1. The summed E-state index contributed by atoms with van der Waals surface area (Å²) in [7, 11) is 0. The minimum absolute atomic E-state index is 0.0337. The summed E-state index contributed by atoms with van der Waals surface area (Å²) in [6.45, 7) is 2.21. The van der Waals surface area contributed by atoms with Crippen LogP contribution < -0.4 is 5.32 Å². The van der Waals surface area contributed by atoms with Gasteiger partial charge in [-0.15, -0.1) is 11.8 Å². The van der Waals surface area contributed by atoms with Crippen molar-refractivity contribution in [1.29, 1.82) is 0 Å². The summed E-state index contributed by atoms with van der Waals surface area (Å²) < 4.78 is 0. The maximum atomic E-state index is 12.0. The van der Waals surface area contributed by atoms with Gasteiger partial charge < -0.3 is 10.2 Å². The van der Waals surface area contributed by atoms with Crippen LogP contribution in [0.5, 0.6) is 0 Å². The Labute approximate surface area is 122 Å². The number of aryl methyl sites for hydroxylation is 1. The number of carbonyl (C=O) groups is 2. The van der Waals surface area contributed by atoms with Crippen LogP contribution in [0.4, 0.5) is 0 Å². The first kappa shape index (κ1) is 13.5. The molecule has 1 aromatic rings. The molecule has 0 unspecified atom stereocenters. The molecule has 0 radical (unpaired) electrons. The number of carbonyl (C=O) groups excluding carboxylic acids is 2. The van der Waals surface area contributed by atoms with Crippen molar-refractivity contribution >= 4 is 23.6 Å². The summed E-state index contributed by atoms with van der Waals surface area (Å²) in [6.07, 6.45) is 2.13. The topological polar surface area (TPSA) is 49.4 Å². The highest BCUT2D eigenvalue weighted by Gasteiger charge is 2.35. The highest BCUT2D eigenvalue weighted by molar-refractivity contribution is 8.00. The van der Waals surface area contributed by atoms with Gasteiger partial charge in [0.25, 0.3) is 0 Å². The van der Waals surface area contributed by atoms with Crippen LogP contribution in [-0.2, 0) is 9.59 Å². The van der Waals surface area contributed by atoms with E-state index >= 15 is 0 Å². The van der Waals surface area contributed by atoms with Gasteiger partial charge in [0.15, 0.2) is 0 Å². The molecule has 1 saturated heterocycles. The van der Waals surface area contributed by atoms with Crippen LogP contribution in [0, 0.1) is 6.92 Å². The first-order chi connectivity index (χ1) is 9.65. The molecule has 1 atom stereocenters. The van der Waals surface area contributed by atoms with E-state index in [1.54, 1.807) is 16.7 Å². The summed E-state index contributed by atoms with van der Waals surface area (Å²) in [5, 5.41) is 2.91. The molecule has 1 heterocycles. The fourth-order valence-electron chi connectivity index (χ4n) is 2.40. The molecule has 0 spiro atoms. The number of nitrogens with one attached hydrogen (secondary N) is 1. The molecule has 3 rings (SSSR count). The fraction of sp³-hybridized carbons (Fsp3) is 0.467. The van der Waals surface area contributed by atoms with Gasteiger partial charge in [-0.1, -0.05) is 24.3 Å². The van der Waals surface area contributed by atoms with Crippen LogP contribution in [0.25, 0.3) is 0 Å². The van der Waals surface area contributed by atoms with Crippen molar-refractivity contribution in [3.8, 4) is 0 Å². The number of benzene rings is 1. The third-order valence-electron chi connectivity index (χ3n) is 3.68. The molecular formula is C15H18N2O2S. The molecule has 1 aliphatic carbocycles. The molecule has 1 aromatic carbocycles. The lowest BCUT2D eigenvalue weighted by Crippen LogP contribution is -2.40. The van der Waals surface area contributed by atoms with Gasteiger partial charge in [0.05, 0.1) is 5.75 Å². The van der Waals surface area contributed by atoms with E-state index in [2.05, 4.69) is 5.32 Å². The summed E-state index contributed by atoms with van der Waals surface area (Å²) in [5.41, 5.74) is 2.29. The Morgan fingerprint density at radius 3 is 2.85 bits per heavy atom. The smallest absolute Gasteiger partial charge is 0.239 e. The van der Waals surface area contributed by atoms with Gasteiger partial charge in [-0.3, -0.25) is 9.59 Å². The normalized spacial score (nSPS) is 22.1. The van der Waals surface area contributed by atoms with E-state index in [-0.39, 0.29) is 23.7 Å². The van der Waals surface area contributed by atoms with Crippen LogP contribution in [0.1, 0.15) is 29.3 Å². The van der Waals surface area contributed by atoms with E-state index in [0.717, 1.165) is 24.0 Å². The molecule has 0 bridgehead atoms. The highest BCUT2D eigenvalue weighted by atomic mass is 32.2. The number of rotatable bonds is 4. The summed E-state index contributed by atoms with van der Waals surface area (Å²) in [5.74, 6) is 0.464. The van der Waals surface area contributed by atoms with E-state index in [0.29, 0.717) is 11.8 Å². The van der Waals surface area contributed by atoms with Crippen molar-refractivity contribution in [2.24, 2.45) is 0 Å². The van der Waals surface area contributed by atoms with Crippen molar-refractivity contribution in [2.75, 3.05) is 12.3 Å². The second-order valence-electron chi connectivity index (χ2n) is 5.38. The Hall–Kier alpha value is -1.49. The Morgan fingerprint density at radius 2 is 2.15 bits per heavy atom. The van der Waals surface area contributed by atoms with Crippen LogP contribution in [-0.4, -0.2) is 35.1 Å². The van der Waals surface area contributed by atoms with Gasteiger partial charge in [0.2, 0.25) is 11.8 Å². The van der Waals surface area contributed by atoms with E-state index in [1.165, 1.54) is 0 Å². The fourth-order valence-corrected chi connectivity index (χ4v) is 3.68. The zero-order valence-electron chi connectivity index (χ0n) is 11.5. The lowest BCUT2D eigenvalue weighted by atomic mass is 10.1. The van der Waals surface area contributed by atoms with Crippen molar-refractivity contribution in [3.05, 3.63) is 35.4 Å². The third-order valence-corrected chi connectivity index (χ3v) is 4.92. The Morgan fingerprint density at radius 1 is 1.40 bits per heavy atom. The lowest BCUT2D eigenvalue weighted by Gasteiger charge is -2.24. The molecule has 106 valence electrons. The zero-order chi connectivity index (χ0) is 14.1. The molecule has 20 heavy (non-hydrogen) atoms. The number of thioether (sulfide) groups is 1. The average Bonchev–Trinajstić information content (AvgIpc) is 3.16. The predicted octanol–water partition coefficient (Wildman–Crippen LogP) is 1.85. The van der Waals surface area contributed by atoms with Gasteiger partial charge in [-0.25, -0.2) is 0 Å². The van der Waals surface area contributed by atoms with Crippen LogP contribution in [0.2, 0.25) is 0 Å². The molecule has 1 aliphatic heterocycles. The van der Waals surface area contributed by atoms with Gasteiger partial charge in [0.1, 0.15) is 11.9 Å². The minimum atomic E-state index is -0.0399. The largest absolute Gasteiger partial charge is 0.352 e. The monoisotopic (exact) mass is 290 g/mol. The predicted molar refractivity (Wildman–Crippen MR) is 79.3 cm³/mol. The van der Waals surface area contributed by atoms with Crippen molar-refractivity contribution in [1.82, 2.24) is 10.2 Å². The Bertz CT molecular complexity index is 542. The number of amides is 2. The van der Waals surface area contributed by atoms with Gasteiger partial charge >= 0.3 is 0 Å². The highest BCUT2D eigenvalue weighted by Crippen LogP contribution is 2.39. The maximum Gasteiger partial charge on any atom is 0.239 e. The maximum absolute atomic E-state index is 12.0. The summed E-state index contributed by atoms with van der Waals surface area (Å²) >= 11 is 1.60. The molecule has 1 N–H and O–H groups in total. The summed E-state index contributed by atoms with van der Waals surface area (Å²) in [6, 6.07) is 8.39. The molecule has 2 amide bonds. The van der Waals surface area contributed by atoms with Crippen molar-refractivity contribution < 1.29 is 9.59 Å². The van der Waals surface area contributed by atoms with Crippen LogP contribution >= 0.6 is 11.8 Å². The minimum Gasteiger partial charge on any atom is -0.352 e. The molecule has 5 heteroatoms. The van der Waals surface area contributed by atoms with Crippen molar-refractivity contribution in [2.45, 2.75) is 31.2 Å². The molecule has 4 nitrogen and oxygen atoms in total. The molecule has 0 aromatic heterocycles. The Balaban J connectivity index is 1.74. The first-order valence-electron chi connectivity index (χ1n) is 6.91. The van der Waals surface area contributed by atoms with E-state index in [9.17, 15) is 9.59 Å². The van der Waals surface area contributed by atoms with Crippen LogP contribution in [0.3, 0.4) is 0 Å². The first-order valence-corrected chi connectivity index (χ1v) is 7.96. The van der Waals surface area contributed by atoms with E-state index in [1.807, 2.05) is 31.2 Å². The quantitative estimate of drug-likeness (QED) is 0.920. The van der Waals surface area contributed by atoms with Crippen LogP contribution in [0.15, 0.2) is 24.3 Å².